The predicted octanol–water partition coefficient (Wildman–Crippen LogP) is 3.22. The quantitative estimate of drug-likeness (QED) is 0.823. The molecule has 0 aliphatic rings. The van der Waals surface area contributed by atoms with E-state index in [2.05, 4.69) is 35.1 Å². The Kier molecular flexibility index (Phi) is 3.69. The minimum Gasteiger partial charge on any atom is -0.238 e. The van der Waals surface area contributed by atoms with Crippen molar-refractivity contribution in [3.05, 3.63) is 47.4 Å². The van der Waals surface area contributed by atoms with Crippen LogP contribution in [0.2, 0.25) is 0 Å². The summed E-state index contributed by atoms with van der Waals surface area (Å²) in [5.74, 6) is 0.745. The van der Waals surface area contributed by atoms with E-state index >= 15 is 0 Å². The van der Waals surface area contributed by atoms with Gasteiger partial charge in [-0.25, -0.2) is 9.97 Å². The summed E-state index contributed by atoms with van der Waals surface area (Å²) in [6.07, 6.45) is 1.06. The minimum atomic E-state index is 0.455. The summed E-state index contributed by atoms with van der Waals surface area (Å²) in [6.45, 7) is 4.03. The van der Waals surface area contributed by atoms with Crippen LogP contribution >= 0.6 is 0 Å². The molecule has 1 heterocycles. The fourth-order valence-corrected chi connectivity index (χ4v) is 1.91. The van der Waals surface area contributed by atoms with Gasteiger partial charge < -0.3 is 0 Å². The lowest BCUT2D eigenvalue weighted by molar-refractivity contribution is 0.873. The normalized spacial score (nSPS) is 10.1. The van der Waals surface area contributed by atoms with Crippen LogP contribution in [0.15, 0.2) is 30.3 Å². The molecule has 0 aliphatic heterocycles. The Hall–Kier alpha value is -2.21. The summed E-state index contributed by atoms with van der Waals surface area (Å²) in [5, 5.41) is 8.62. The molecule has 18 heavy (non-hydrogen) atoms. The first kappa shape index (κ1) is 12.3. The van der Waals surface area contributed by atoms with Crippen LogP contribution in [-0.4, -0.2) is 9.97 Å². The summed E-state index contributed by atoms with van der Waals surface area (Å²) in [4.78, 5) is 8.90. The number of nitriles is 1. The lowest BCUT2D eigenvalue weighted by atomic mass is 10.1. The number of aryl methyl sites for hydroxylation is 3. The Labute approximate surface area is 107 Å². The van der Waals surface area contributed by atoms with Crippen LogP contribution in [0.5, 0.6) is 0 Å². The van der Waals surface area contributed by atoms with Crippen molar-refractivity contribution < 1.29 is 0 Å². The predicted molar refractivity (Wildman–Crippen MR) is 70.9 cm³/mol. The molecule has 0 bridgehead atoms. The van der Waals surface area contributed by atoms with Crippen molar-refractivity contribution in [2.45, 2.75) is 26.7 Å². The van der Waals surface area contributed by atoms with E-state index in [-0.39, 0.29) is 0 Å². The highest BCUT2D eigenvalue weighted by molar-refractivity contribution is 5.63. The summed E-state index contributed by atoms with van der Waals surface area (Å²) in [5.41, 5.74) is 4.20. The number of nitrogens with zero attached hydrogens (tertiary/aromatic N) is 3. The van der Waals surface area contributed by atoms with E-state index < -0.39 is 0 Å². The van der Waals surface area contributed by atoms with Gasteiger partial charge in [-0.1, -0.05) is 24.3 Å². The Morgan fingerprint density at radius 2 is 1.94 bits per heavy atom. The third-order valence-corrected chi connectivity index (χ3v) is 2.78. The van der Waals surface area contributed by atoms with Gasteiger partial charge in [0.1, 0.15) is 5.82 Å². The fourth-order valence-electron chi connectivity index (χ4n) is 1.91. The zero-order chi connectivity index (χ0) is 13.0. The van der Waals surface area contributed by atoms with E-state index in [0.717, 1.165) is 22.8 Å². The lowest BCUT2D eigenvalue weighted by Gasteiger charge is -2.07. The SMILES string of the molecule is Cc1cc(-c2ccccc2C)nc(CCC#N)n1. The van der Waals surface area contributed by atoms with Crippen LogP contribution in [0.3, 0.4) is 0 Å². The van der Waals surface area contributed by atoms with Crippen molar-refractivity contribution in [3.63, 3.8) is 0 Å². The van der Waals surface area contributed by atoms with E-state index in [4.69, 9.17) is 5.26 Å². The van der Waals surface area contributed by atoms with Gasteiger partial charge in [-0.05, 0) is 25.5 Å². The van der Waals surface area contributed by atoms with Crippen LogP contribution in [-0.2, 0) is 6.42 Å². The number of hydrogen-bond acceptors (Lipinski definition) is 3. The Morgan fingerprint density at radius 3 is 2.67 bits per heavy atom. The van der Waals surface area contributed by atoms with E-state index in [9.17, 15) is 0 Å². The van der Waals surface area contributed by atoms with Gasteiger partial charge in [0.15, 0.2) is 0 Å². The molecule has 2 rings (SSSR count). The molecule has 0 saturated carbocycles. The van der Waals surface area contributed by atoms with Crippen molar-refractivity contribution in [2.24, 2.45) is 0 Å². The van der Waals surface area contributed by atoms with Crippen LogP contribution in [0.25, 0.3) is 11.3 Å². The molecule has 0 fully saturated rings. The lowest BCUT2D eigenvalue weighted by Crippen LogP contribution is -1.99. The molecule has 0 atom stereocenters. The van der Waals surface area contributed by atoms with Crippen LogP contribution < -0.4 is 0 Å². The number of hydrogen-bond donors (Lipinski definition) is 0. The average Bonchev–Trinajstić information content (AvgIpc) is 2.36. The van der Waals surface area contributed by atoms with Gasteiger partial charge >= 0.3 is 0 Å². The van der Waals surface area contributed by atoms with Crippen LogP contribution in [0.4, 0.5) is 0 Å². The first-order valence-electron chi connectivity index (χ1n) is 5.98. The number of rotatable bonds is 3. The summed E-state index contributed by atoms with van der Waals surface area (Å²) in [7, 11) is 0. The van der Waals surface area contributed by atoms with Gasteiger partial charge in [0.05, 0.1) is 11.8 Å². The van der Waals surface area contributed by atoms with Crippen molar-refractivity contribution in [1.82, 2.24) is 9.97 Å². The molecule has 0 spiro atoms. The molecule has 3 nitrogen and oxygen atoms in total. The highest BCUT2D eigenvalue weighted by Gasteiger charge is 2.06. The molecule has 2 aromatic rings. The topological polar surface area (TPSA) is 49.6 Å². The van der Waals surface area contributed by atoms with Crippen LogP contribution in [0.1, 0.15) is 23.5 Å². The monoisotopic (exact) mass is 237 g/mol. The molecule has 0 amide bonds. The molecule has 0 aliphatic carbocycles. The Bertz CT molecular complexity index is 597. The highest BCUT2D eigenvalue weighted by atomic mass is 14.9. The molecule has 3 heteroatoms. The van der Waals surface area contributed by atoms with Gasteiger partial charge in [0, 0.05) is 24.1 Å². The third-order valence-electron chi connectivity index (χ3n) is 2.78. The first-order chi connectivity index (χ1) is 8.70. The van der Waals surface area contributed by atoms with E-state index in [1.54, 1.807) is 0 Å². The maximum atomic E-state index is 8.62. The van der Waals surface area contributed by atoms with Gasteiger partial charge in [-0.15, -0.1) is 0 Å². The molecule has 0 N–H and O–H groups in total. The van der Waals surface area contributed by atoms with E-state index in [1.807, 2.05) is 25.1 Å². The van der Waals surface area contributed by atoms with Gasteiger partial charge in [0.25, 0.3) is 0 Å². The first-order valence-corrected chi connectivity index (χ1v) is 5.98. The van der Waals surface area contributed by atoms with Gasteiger partial charge in [-0.2, -0.15) is 5.26 Å². The number of benzene rings is 1. The van der Waals surface area contributed by atoms with Gasteiger partial charge in [-0.3, -0.25) is 0 Å². The summed E-state index contributed by atoms with van der Waals surface area (Å²) < 4.78 is 0. The van der Waals surface area contributed by atoms with Crippen molar-refractivity contribution in [2.75, 3.05) is 0 Å². The maximum absolute atomic E-state index is 8.62. The molecule has 1 aromatic heterocycles. The molecule has 0 unspecified atom stereocenters. The second kappa shape index (κ2) is 5.42. The number of aromatic nitrogens is 2. The van der Waals surface area contributed by atoms with Gasteiger partial charge in [0.2, 0.25) is 0 Å². The zero-order valence-corrected chi connectivity index (χ0v) is 10.6. The smallest absolute Gasteiger partial charge is 0.130 e. The maximum Gasteiger partial charge on any atom is 0.130 e. The van der Waals surface area contributed by atoms with Crippen molar-refractivity contribution >= 4 is 0 Å². The summed E-state index contributed by atoms with van der Waals surface area (Å²) >= 11 is 0. The molecular formula is C15H15N3. The molecule has 0 saturated heterocycles. The molecule has 0 radical (unpaired) electrons. The summed E-state index contributed by atoms with van der Waals surface area (Å²) in [6, 6.07) is 12.3. The third kappa shape index (κ3) is 2.72. The Balaban J connectivity index is 2.43. The highest BCUT2D eigenvalue weighted by Crippen LogP contribution is 2.21. The second-order valence-electron chi connectivity index (χ2n) is 4.28. The molecular weight excluding hydrogens is 222 g/mol. The molecule has 1 aromatic carbocycles. The Morgan fingerprint density at radius 1 is 1.17 bits per heavy atom. The average molecular weight is 237 g/mol. The van der Waals surface area contributed by atoms with Crippen LogP contribution in [0, 0.1) is 25.2 Å². The zero-order valence-electron chi connectivity index (χ0n) is 10.6. The van der Waals surface area contributed by atoms with Crippen molar-refractivity contribution in [3.8, 4) is 17.3 Å². The largest absolute Gasteiger partial charge is 0.238 e. The van der Waals surface area contributed by atoms with E-state index in [1.165, 1.54) is 5.56 Å². The van der Waals surface area contributed by atoms with Crippen molar-refractivity contribution in [1.29, 1.82) is 5.26 Å². The standard InChI is InChI=1S/C15H15N3/c1-11-6-3-4-7-13(11)14-10-12(2)17-15(18-14)8-5-9-16/h3-4,6-7,10H,5,8H2,1-2H3. The minimum absolute atomic E-state index is 0.455. The molecule has 90 valence electrons. The second-order valence-corrected chi connectivity index (χ2v) is 4.28. The van der Waals surface area contributed by atoms with E-state index in [0.29, 0.717) is 12.8 Å². The fraction of sp³-hybridized carbons (Fsp3) is 0.267.